The Morgan fingerprint density at radius 1 is 1.40 bits per heavy atom. The number of H-pyrrole nitrogens is 1. The molecule has 0 spiro atoms. The molecule has 0 bridgehead atoms. The van der Waals surface area contributed by atoms with Crippen molar-refractivity contribution < 1.29 is 9.13 Å². The topological polar surface area (TPSA) is 49.9 Å². The number of aromatic amines is 1. The van der Waals surface area contributed by atoms with Crippen molar-refractivity contribution in [3.8, 4) is 5.75 Å². The zero-order chi connectivity index (χ0) is 10.7. The minimum Gasteiger partial charge on any atom is -0.494 e. The number of hydrogen-bond donors (Lipinski definition) is 2. The van der Waals surface area contributed by atoms with E-state index >= 15 is 0 Å². The van der Waals surface area contributed by atoms with E-state index in [1.54, 1.807) is 24.5 Å². The Kier molecular flexibility index (Phi) is 2.53. The van der Waals surface area contributed by atoms with Crippen molar-refractivity contribution in [2.75, 3.05) is 12.4 Å². The summed E-state index contributed by atoms with van der Waals surface area (Å²) < 4.78 is 17.9. The normalized spacial score (nSPS) is 10.0. The Morgan fingerprint density at radius 3 is 2.93 bits per heavy atom. The predicted molar refractivity (Wildman–Crippen MR) is 54.8 cm³/mol. The maximum Gasteiger partial charge on any atom is 0.165 e. The second kappa shape index (κ2) is 4.00. The molecule has 2 rings (SSSR count). The van der Waals surface area contributed by atoms with Gasteiger partial charge in [0.1, 0.15) is 0 Å². The van der Waals surface area contributed by atoms with E-state index in [-0.39, 0.29) is 11.6 Å². The summed E-state index contributed by atoms with van der Waals surface area (Å²) in [6, 6.07) is 4.56. The Balaban J connectivity index is 2.22. The highest BCUT2D eigenvalue weighted by Gasteiger charge is 2.03. The third-order valence-corrected chi connectivity index (χ3v) is 1.94. The Labute approximate surface area is 86.1 Å². The molecule has 1 aromatic carbocycles. The molecule has 4 nitrogen and oxygen atoms in total. The molecule has 2 aromatic rings. The first-order valence-electron chi connectivity index (χ1n) is 4.39. The van der Waals surface area contributed by atoms with Crippen molar-refractivity contribution in [3.63, 3.8) is 0 Å². The van der Waals surface area contributed by atoms with Crippen molar-refractivity contribution in [1.29, 1.82) is 0 Å². The van der Waals surface area contributed by atoms with Gasteiger partial charge in [-0.15, -0.1) is 0 Å². The summed E-state index contributed by atoms with van der Waals surface area (Å²) in [5.74, 6) is -0.168. The molecule has 0 fully saturated rings. The summed E-state index contributed by atoms with van der Waals surface area (Å²) in [6.07, 6.45) is 3.34. The van der Waals surface area contributed by atoms with Gasteiger partial charge in [0.25, 0.3) is 0 Å². The lowest BCUT2D eigenvalue weighted by atomic mass is 10.3. The van der Waals surface area contributed by atoms with Crippen LogP contribution in [0.3, 0.4) is 0 Å². The van der Waals surface area contributed by atoms with Crippen LogP contribution in [0.25, 0.3) is 0 Å². The van der Waals surface area contributed by atoms with Crippen molar-refractivity contribution in [2.45, 2.75) is 0 Å². The highest BCUT2D eigenvalue weighted by Crippen LogP contribution is 2.23. The lowest BCUT2D eigenvalue weighted by Gasteiger charge is -2.06. The zero-order valence-electron chi connectivity index (χ0n) is 8.12. The van der Waals surface area contributed by atoms with Crippen LogP contribution in [0.1, 0.15) is 0 Å². The molecular weight excluding hydrogens is 197 g/mol. The number of nitrogens with one attached hydrogen (secondary N) is 2. The first-order valence-corrected chi connectivity index (χ1v) is 4.39. The van der Waals surface area contributed by atoms with Crippen LogP contribution < -0.4 is 10.1 Å². The number of anilines is 2. The SMILES string of the molecule is COc1cc(Nc2cn[nH]c2)ccc1F. The van der Waals surface area contributed by atoms with Crippen molar-refractivity contribution in [1.82, 2.24) is 10.2 Å². The van der Waals surface area contributed by atoms with E-state index in [9.17, 15) is 4.39 Å². The number of rotatable bonds is 3. The standard InChI is InChI=1S/C10H10FN3O/c1-15-10-4-7(2-3-9(10)11)14-8-5-12-13-6-8/h2-6,14H,1H3,(H,12,13). The van der Waals surface area contributed by atoms with Gasteiger partial charge in [0.2, 0.25) is 0 Å². The van der Waals surface area contributed by atoms with Crippen molar-refractivity contribution in [2.24, 2.45) is 0 Å². The van der Waals surface area contributed by atoms with Crippen molar-refractivity contribution in [3.05, 3.63) is 36.4 Å². The Hall–Kier alpha value is -2.04. The molecule has 15 heavy (non-hydrogen) atoms. The second-order valence-corrected chi connectivity index (χ2v) is 2.96. The number of methoxy groups -OCH3 is 1. The van der Waals surface area contributed by atoms with Gasteiger partial charge >= 0.3 is 0 Å². The summed E-state index contributed by atoms with van der Waals surface area (Å²) in [4.78, 5) is 0. The van der Waals surface area contributed by atoms with Crippen LogP contribution in [0.2, 0.25) is 0 Å². The number of nitrogens with zero attached hydrogens (tertiary/aromatic N) is 1. The Morgan fingerprint density at radius 2 is 2.27 bits per heavy atom. The molecule has 0 saturated carbocycles. The molecule has 0 saturated heterocycles. The Bertz CT molecular complexity index is 442. The van der Waals surface area contributed by atoms with Gasteiger partial charge in [-0.05, 0) is 12.1 Å². The molecule has 0 atom stereocenters. The maximum absolute atomic E-state index is 13.1. The van der Waals surface area contributed by atoms with Gasteiger partial charge in [-0.25, -0.2) is 4.39 Å². The van der Waals surface area contributed by atoms with E-state index in [0.29, 0.717) is 0 Å². The maximum atomic E-state index is 13.1. The third kappa shape index (κ3) is 2.07. The highest BCUT2D eigenvalue weighted by molar-refractivity contribution is 5.59. The van der Waals surface area contributed by atoms with Gasteiger partial charge in [0, 0.05) is 18.0 Å². The van der Waals surface area contributed by atoms with Gasteiger partial charge in [0.15, 0.2) is 11.6 Å². The summed E-state index contributed by atoms with van der Waals surface area (Å²) in [5.41, 5.74) is 1.55. The average molecular weight is 207 g/mol. The van der Waals surface area contributed by atoms with E-state index in [2.05, 4.69) is 15.5 Å². The van der Waals surface area contributed by atoms with Crippen LogP contribution >= 0.6 is 0 Å². The van der Waals surface area contributed by atoms with Crippen LogP contribution in [0.5, 0.6) is 5.75 Å². The van der Waals surface area contributed by atoms with E-state index < -0.39 is 0 Å². The number of ether oxygens (including phenoxy) is 1. The van der Waals surface area contributed by atoms with E-state index in [4.69, 9.17) is 4.74 Å². The predicted octanol–water partition coefficient (Wildman–Crippen LogP) is 2.30. The van der Waals surface area contributed by atoms with Gasteiger partial charge < -0.3 is 10.1 Å². The summed E-state index contributed by atoms with van der Waals surface area (Å²) in [7, 11) is 1.43. The number of hydrogen-bond acceptors (Lipinski definition) is 3. The van der Waals surface area contributed by atoms with Crippen LogP contribution in [0, 0.1) is 5.82 Å². The molecule has 0 amide bonds. The highest BCUT2D eigenvalue weighted by atomic mass is 19.1. The average Bonchev–Trinajstić information content (AvgIpc) is 2.73. The van der Waals surface area contributed by atoms with Crippen LogP contribution in [-0.4, -0.2) is 17.3 Å². The van der Waals surface area contributed by atoms with Gasteiger partial charge in [-0.3, -0.25) is 5.10 Å². The molecule has 5 heteroatoms. The number of benzene rings is 1. The second-order valence-electron chi connectivity index (χ2n) is 2.96. The van der Waals surface area contributed by atoms with Gasteiger partial charge in [0.05, 0.1) is 19.0 Å². The lowest BCUT2D eigenvalue weighted by molar-refractivity contribution is 0.387. The van der Waals surface area contributed by atoms with Gasteiger partial charge in [-0.1, -0.05) is 0 Å². The van der Waals surface area contributed by atoms with E-state index in [1.165, 1.54) is 13.2 Å². The molecule has 0 radical (unpaired) electrons. The summed E-state index contributed by atoms with van der Waals surface area (Å²) in [5, 5.41) is 9.50. The molecular formula is C10H10FN3O. The third-order valence-electron chi connectivity index (χ3n) is 1.94. The lowest BCUT2D eigenvalue weighted by Crippen LogP contribution is -1.92. The quantitative estimate of drug-likeness (QED) is 0.811. The molecule has 2 N–H and O–H groups in total. The fraction of sp³-hybridized carbons (Fsp3) is 0.100. The largest absolute Gasteiger partial charge is 0.494 e. The van der Waals surface area contributed by atoms with Crippen molar-refractivity contribution >= 4 is 11.4 Å². The summed E-state index contributed by atoms with van der Waals surface area (Å²) in [6.45, 7) is 0. The molecule has 78 valence electrons. The minimum atomic E-state index is -0.379. The van der Waals surface area contributed by atoms with Crippen LogP contribution in [0.15, 0.2) is 30.6 Å². The zero-order valence-corrected chi connectivity index (χ0v) is 8.12. The van der Waals surface area contributed by atoms with E-state index in [1.807, 2.05) is 0 Å². The summed E-state index contributed by atoms with van der Waals surface area (Å²) >= 11 is 0. The van der Waals surface area contributed by atoms with Gasteiger partial charge in [-0.2, -0.15) is 5.10 Å². The fourth-order valence-corrected chi connectivity index (χ4v) is 1.22. The number of halogens is 1. The minimum absolute atomic E-state index is 0.212. The van der Waals surface area contributed by atoms with Crippen LogP contribution in [0.4, 0.5) is 15.8 Å². The first kappa shape index (κ1) is 9.51. The van der Waals surface area contributed by atoms with Crippen LogP contribution in [-0.2, 0) is 0 Å². The van der Waals surface area contributed by atoms with E-state index in [0.717, 1.165) is 11.4 Å². The molecule has 0 unspecified atom stereocenters. The molecule has 1 aromatic heterocycles. The molecule has 0 aliphatic rings. The smallest absolute Gasteiger partial charge is 0.165 e. The number of aromatic nitrogens is 2. The molecule has 0 aliphatic heterocycles. The molecule has 0 aliphatic carbocycles. The first-order chi connectivity index (χ1) is 7.29. The fourth-order valence-electron chi connectivity index (χ4n) is 1.22. The molecule has 1 heterocycles. The monoisotopic (exact) mass is 207 g/mol.